The second-order valence-corrected chi connectivity index (χ2v) is 12.8. The lowest BCUT2D eigenvalue weighted by Crippen LogP contribution is -2.60. The Labute approximate surface area is 261 Å². The number of methoxy groups -OCH3 is 1. The number of para-hydroxylation sites is 1. The van der Waals surface area contributed by atoms with Crippen molar-refractivity contribution in [2.24, 2.45) is 17.8 Å². The number of fused-ring (bicyclic) bond motifs is 4. The highest BCUT2D eigenvalue weighted by molar-refractivity contribution is 6.58. The number of alkyl halides is 2. The number of allylic oxidation sites excluding steroid dienone is 2. The molecular formula is C33H25Cl2FN2O6. The summed E-state index contributed by atoms with van der Waals surface area (Å²) in [6, 6.07) is 17.7. The molecule has 1 N–H and O–H groups in total. The monoisotopic (exact) mass is 634 g/mol. The van der Waals surface area contributed by atoms with Crippen molar-refractivity contribution in [3.63, 3.8) is 0 Å². The summed E-state index contributed by atoms with van der Waals surface area (Å²) in [6.45, 7) is 0. The molecule has 2 heterocycles. The molecule has 11 heteroatoms. The molecule has 44 heavy (non-hydrogen) atoms. The molecule has 6 atom stereocenters. The smallest absolute Gasteiger partial charge is 0.258 e. The minimum atomic E-state index is -2.11. The number of carbonyl (C=O) groups excluding carboxylic acids is 4. The normalized spacial score (nSPS) is 31.0. The first-order chi connectivity index (χ1) is 21.0. The topological polar surface area (TPSA) is 104 Å². The summed E-state index contributed by atoms with van der Waals surface area (Å²) in [5.74, 6) is -6.28. The third-order valence-corrected chi connectivity index (χ3v) is 10.9. The van der Waals surface area contributed by atoms with Crippen LogP contribution in [0.15, 0.2) is 84.4 Å². The van der Waals surface area contributed by atoms with E-state index >= 15 is 0 Å². The van der Waals surface area contributed by atoms with Crippen molar-refractivity contribution in [1.29, 1.82) is 0 Å². The Morgan fingerprint density at radius 2 is 1.55 bits per heavy atom. The summed E-state index contributed by atoms with van der Waals surface area (Å²) in [7, 11) is 1.39. The minimum Gasteiger partial charge on any atom is -0.508 e. The standard InChI is InChI=1S/C33H25Cl2FN2O6/c1-44-25-15-20(39)11-12-22(25)27-21-13-14-23-26(29(41)37(28(23)40)18-5-3-2-4-6-18)24(21)16-32(34)30(42)38(31(43)33(27,32)35)19-9-7-17(36)8-10-19/h2-13,15,23-24,26-27,39H,14,16H2,1H3. The van der Waals surface area contributed by atoms with Gasteiger partial charge in [-0.1, -0.05) is 35.9 Å². The number of hydrogen-bond donors (Lipinski definition) is 1. The van der Waals surface area contributed by atoms with E-state index in [1.807, 2.05) is 6.08 Å². The van der Waals surface area contributed by atoms with E-state index in [4.69, 9.17) is 27.9 Å². The molecule has 3 aromatic rings. The Morgan fingerprint density at radius 3 is 2.23 bits per heavy atom. The van der Waals surface area contributed by atoms with Crippen LogP contribution in [-0.2, 0) is 19.2 Å². The van der Waals surface area contributed by atoms with Gasteiger partial charge < -0.3 is 9.84 Å². The molecule has 7 rings (SSSR count). The molecular weight excluding hydrogens is 610 g/mol. The first-order valence-corrected chi connectivity index (χ1v) is 14.8. The van der Waals surface area contributed by atoms with Crippen LogP contribution in [0.1, 0.15) is 24.3 Å². The molecule has 1 saturated carbocycles. The van der Waals surface area contributed by atoms with Gasteiger partial charge in [0.1, 0.15) is 17.3 Å². The van der Waals surface area contributed by atoms with Crippen LogP contribution in [0.4, 0.5) is 15.8 Å². The number of halogens is 3. The van der Waals surface area contributed by atoms with Crippen LogP contribution in [0.25, 0.3) is 0 Å². The van der Waals surface area contributed by atoms with E-state index in [0.29, 0.717) is 16.8 Å². The molecule has 0 aromatic heterocycles. The number of anilines is 2. The van der Waals surface area contributed by atoms with Crippen molar-refractivity contribution in [1.82, 2.24) is 0 Å². The molecule has 2 aliphatic carbocycles. The molecule has 2 aliphatic heterocycles. The summed E-state index contributed by atoms with van der Waals surface area (Å²) in [5, 5.41) is 10.2. The molecule has 3 aromatic carbocycles. The maximum atomic E-state index is 14.4. The van der Waals surface area contributed by atoms with E-state index in [1.54, 1.807) is 36.4 Å². The van der Waals surface area contributed by atoms with E-state index in [1.165, 1.54) is 36.3 Å². The Bertz CT molecular complexity index is 1780. The van der Waals surface area contributed by atoms with Gasteiger partial charge in [0.25, 0.3) is 11.8 Å². The van der Waals surface area contributed by atoms with Crippen molar-refractivity contribution < 1.29 is 33.4 Å². The molecule has 4 amide bonds. The van der Waals surface area contributed by atoms with E-state index in [-0.39, 0.29) is 35.9 Å². The van der Waals surface area contributed by atoms with Crippen LogP contribution in [0.3, 0.4) is 0 Å². The molecule has 224 valence electrons. The average molecular weight is 635 g/mol. The zero-order chi connectivity index (χ0) is 31.1. The average Bonchev–Trinajstić information content (AvgIpc) is 3.36. The van der Waals surface area contributed by atoms with Crippen LogP contribution in [0.2, 0.25) is 0 Å². The third-order valence-electron chi connectivity index (χ3n) is 9.44. The zero-order valence-corrected chi connectivity index (χ0v) is 24.8. The van der Waals surface area contributed by atoms with Crippen LogP contribution in [-0.4, -0.2) is 45.6 Å². The number of hydrogen-bond acceptors (Lipinski definition) is 6. The third kappa shape index (κ3) is 3.69. The van der Waals surface area contributed by atoms with Crippen molar-refractivity contribution in [3.8, 4) is 11.5 Å². The lowest BCUT2D eigenvalue weighted by molar-refractivity contribution is -0.125. The number of benzene rings is 3. The predicted octanol–water partition coefficient (Wildman–Crippen LogP) is 5.31. The summed E-state index contributed by atoms with van der Waals surface area (Å²) < 4.78 is 19.4. The van der Waals surface area contributed by atoms with Gasteiger partial charge in [0.15, 0.2) is 9.75 Å². The maximum Gasteiger partial charge on any atom is 0.258 e. The molecule has 2 saturated heterocycles. The van der Waals surface area contributed by atoms with Crippen LogP contribution in [0.5, 0.6) is 11.5 Å². The Morgan fingerprint density at radius 1 is 0.864 bits per heavy atom. The fraction of sp³-hybridized carbons (Fsp3) is 0.273. The summed E-state index contributed by atoms with van der Waals surface area (Å²) >= 11 is 14.7. The van der Waals surface area contributed by atoms with Crippen molar-refractivity contribution >= 4 is 58.2 Å². The number of carbonyl (C=O) groups is 4. The lowest BCUT2D eigenvalue weighted by atomic mass is 9.56. The molecule has 0 radical (unpaired) electrons. The fourth-order valence-electron chi connectivity index (χ4n) is 7.51. The highest BCUT2D eigenvalue weighted by atomic mass is 35.5. The zero-order valence-electron chi connectivity index (χ0n) is 23.2. The lowest BCUT2D eigenvalue weighted by Gasteiger charge is -2.50. The van der Waals surface area contributed by atoms with Crippen LogP contribution >= 0.6 is 23.2 Å². The largest absolute Gasteiger partial charge is 0.508 e. The minimum absolute atomic E-state index is 0.0875. The van der Waals surface area contributed by atoms with Crippen molar-refractivity contribution in [2.45, 2.75) is 28.5 Å². The van der Waals surface area contributed by atoms with E-state index in [9.17, 15) is 28.7 Å². The van der Waals surface area contributed by atoms with Crippen LogP contribution in [0, 0.1) is 23.6 Å². The van der Waals surface area contributed by atoms with E-state index in [0.717, 1.165) is 17.0 Å². The second-order valence-electron chi connectivity index (χ2n) is 11.5. The summed E-state index contributed by atoms with van der Waals surface area (Å²) in [5.41, 5.74) is 1.48. The summed E-state index contributed by atoms with van der Waals surface area (Å²) in [4.78, 5) is 54.4. The Kier molecular flexibility index (Phi) is 6.43. The quantitative estimate of drug-likeness (QED) is 0.237. The number of phenolic OH excluding ortho intramolecular Hbond substituents is 1. The maximum absolute atomic E-state index is 14.4. The number of ether oxygens (including phenoxy) is 1. The first-order valence-electron chi connectivity index (χ1n) is 14.0. The molecule has 4 aliphatic rings. The van der Waals surface area contributed by atoms with Crippen LogP contribution < -0.4 is 14.5 Å². The van der Waals surface area contributed by atoms with Gasteiger partial charge in [-0.3, -0.25) is 24.1 Å². The van der Waals surface area contributed by atoms with Gasteiger partial charge in [-0.25, -0.2) is 9.29 Å². The Balaban J connectivity index is 1.42. The van der Waals surface area contributed by atoms with Gasteiger partial charge in [-0.2, -0.15) is 0 Å². The van der Waals surface area contributed by atoms with Crippen molar-refractivity contribution in [3.05, 3.63) is 95.8 Å². The SMILES string of the molecule is COc1cc(O)ccc1C1C2=CCC3C(=O)N(c4ccccc4)C(=O)C3C2CC2(Cl)C(=O)N(c3ccc(F)cc3)C(=O)C12Cl. The van der Waals surface area contributed by atoms with E-state index < -0.39 is 57.0 Å². The van der Waals surface area contributed by atoms with Gasteiger partial charge in [0.2, 0.25) is 11.8 Å². The predicted molar refractivity (Wildman–Crippen MR) is 160 cm³/mol. The fourth-order valence-corrected chi connectivity index (χ4v) is 8.44. The van der Waals surface area contributed by atoms with Gasteiger partial charge >= 0.3 is 0 Å². The van der Waals surface area contributed by atoms with Crippen molar-refractivity contribution in [2.75, 3.05) is 16.9 Å². The first kappa shape index (κ1) is 28.6. The van der Waals surface area contributed by atoms with Gasteiger partial charge in [0.05, 0.1) is 30.3 Å². The molecule has 0 bridgehead atoms. The highest BCUT2D eigenvalue weighted by Gasteiger charge is 2.77. The van der Waals surface area contributed by atoms with Gasteiger partial charge in [-0.15, -0.1) is 23.2 Å². The Hall–Kier alpha value is -4.21. The number of rotatable bonds is 4. The second kappa shape index (κ2) is 9.90. The number of aromatic hydroxyl groups is 1. The number of amides is 4. The van der Waals surface area contributed by atoms with E-state index in [2.05, 4.69) is 0 Å². The highest BCUT2D eigenvalue weighted by Crippen LogP contribution is 2.66. The molecule has 8 nitrogen and oxygen atoms in total. The van der Waals surface area contributed by atoms with Gasteiger partial charge in [0, 0.05) is 17.5 Å². The molecule has 3 fully saturated rings. The molecule has 6 unspecified atom stereocenters. The number of nitrogens with zero attached hydrogens (tertiary/aromatic N) is 2. The van der Waals surface area contributed by atoms with Gasteiger partial charge in [-0.05, 0) is 61.2 Å². The number of imide groups is 2. The number of phenols is 1. The molecule has 0 spiro atoms. The summed E-state index contributed by atoms with van der Waals surface area (Å²) in [6.07, 6.45) is 1.82.